The standard InChI is InChI=1S/C17H21FN6O/c18-14-2-1-3-15(21-14)22-4-6-23(7-5-22)16-12-17(20-13-19-16)24-8-10-25-11-9-24/h1-3,12-13H,4-11H2. The van der Waals surface area contributed by atoms with Crippen LogP contribution in [0, 0.1) is 5.95 Å². The minimum absolute atomic E-state index is 0.439. The van der Waals surface area contributed by atoms with Crippen LogP contribution in [0.15, 0.2) is 30.6 Å². The highest BCUT2D eigenvalue weighted by molar-refractivity contribution is 5.52. The second-order valence-corrected chi connectivity index (χ2v) is 6.13. The van der Waals surface area contributed by atoms with Gasteiger partial charge in [0, 0.05) is 45.3 Å². The van der Waals surface area contributed by atoms with E-state index < -0.39 is 5.95 Å². The van der Waals surface area contributed by atoms with Crippen LogP contribution in [0.1, 0.15) is 0 Å². The first kappa shape index (κ1) is 16.0. The van der Waals surface area contributed by atoms with E-state index in [1.807, 2.05) is 12.1 Å². The van der Waals surface area contributed by atoms with Crippen LogP contribution >= 0.6 is 0 Å². The van der Waals surface area contributed by atoms with Crippen molar-refractivity contribution in [2.45, 2.75) is 0 Å². The van der Waals surface area contributed by atoms with Gasteiger partial charge in [-0.25, -0.2) is 15.0 Å². The van der Waals surface area contributed by atoms with Gasteiger partial charge >= 0.3 is 0 Å². The molecule has 0 saturated carbocycles. The summed E-state index contributed by atoms with van der Waals surface area (Å²) in [7, 11) is 0. The van der Waals surface area contributed by atoms with Crippen LogP contribution in [0.2, 0.25) is 0 Å². The van der Waals surface area contributed by atoms with E-state index in [0.717, 1.165) is 64.1 Å². The SMILES string of the molecule is Fc1cccc(N2CCN(c3cc(N4CCOCC4)ncn3)CC2)n1. The molecular weight excluding hydrogens is 323 g/mol. The number of aromatic nitrogens is 3. The average Bonchev–Trinajstić information content (AvgIpc) is 2.69. The molecule has 25 heavy (non-hydrogen) atoms. The van der Waals surface area contributed by atoms with Gasteiger partial charge in [-0.3, -0.25) is 0 Å². The molecule has 8 heteroatoms. The summed E-state index contributed by atoms with van der Waals surface area (Å²) >= 11 is 0. The number of nitrogens with zero attached hydrogens (tertiary/aromatic N) is 6. The van der Waals surface area contributed by atoms with Crippen molar-refractivity contribution in [2.75, 3.05) is 67.2 Å². The van der Waals surface area contributed by atoms with Crippen molar-refractivity contribution in [1.29, 1.82) is 0 Å². The maximum Gasteiger partial charge on any atom is 0.214 e. The average molecular weight is 344 g/mol. The van der Waals surface area contributed by atoms with Crippen molar-refractivity contribution in [1.82, 2.24) is 15.0 Å². The number of piperazine rings is 1. The third-order valence-corrected chi connectivity index (χ3v) is 4.60. The lowest BCUT2D eigenvalue weighted by Gasteiger charge is -2.36. The van der Waals surface area contributed by atoms with Crippen molar-refractivity contribution >= 4 is 17.5 Å². The molecule has 0 spiro atoms. The van der Waals surface area contributed by atoms with Gasteiger partial charge in [-0.1, -0.05) is 6.07 Å². The van der Waals surface area contributed by atoms with Gasteiger partial charge in [-0.05, 0) is 12.1 Å². The molecule has 0 N–H and O–H groups in total. The van der Waals surface area contributed by atoms with Crippen molar-refractivity contribution in [3.63, 3.8) is 0 Å². The lowest BCUT2D eigenvalue weighted by Crippen LogP contribution is -2.47. The molecule has 0 aliphatic carbocycles. The van der Waals surface area contributed by atoms with Crippen molar-refractivity contribution in [3.8, 4) is 0 Å². The van der Waals surface area contributed by atoms with Gasteiger partial charge in [-0.15, -0.1) is 0 Å². The highest BCUT2D eigenvalue weighted by atomic mass is 19.1. The van der Waals surface area contributed by atoms with Gasteiger partial charge in [0.2, 0.25) is 5.95 Å². The minimum atomic E-state index is -0.439. The number of rotatable bonds is 3. The molecule has 0 bridgehead atoms. The first-order valence-corrected chi connectivity index (χ1v) is 8.57. The molecule has 2 aromatic heterocycles. The van der Waals surface area contributed by atoms with E-state index in [1.165, 1.54) is 6.07 Å². The van der Waals surface area contributed by atoms with Gasteiger partial charge in [0.15, 0.2) is 0 Å². The molecule has 0 radical (unpaired) electrons. The Balaban J connectivity index is 1.42. The third kappa shape index (κ3) is 3.63. The fourth-order valence-electron chi connectivity index (χ4n) is 3.21. The maximum absolute atomic E-state index is 13.3. The topological polar surface area (TPSA) is 57.6 Å². The molecule has 0 amide bonds. The lowest BCUT2D eigenvalue weighted by molar-refractivity contribution is 0.122. The zero-order valence-electron chi connectivity index (χ0n) is 14.0. The Morgan fingerprint density at radius 3 is 2.04 bits per heavy atom. The van der Waals surface area contributed by atoms with E-state index in [2.05, 4.69) is 29.7 Å². The second-order valence-electron chi connectivity index (χ2n) is 6.13. The van der Waals surface area contributed by atoms with Gasteiger partial charge in [0.25, 0.3) is 0 Å². The Morgan fingerprint density at radius 1 is 0.800 bits per heavy atom. The van der Waals surface area contributed by atoms with Crippen molar-refractivity contribution < 1.29 is 9.13 Å². The van der Waals surface area contributed by atoms with Gasteiger partial charge in [0.05, 0.1) is 13.2 Å². The normalized spacial score (nSPS) is 18.5. The number of halogens is 1. The molecular formula is C17H21FN6O. The fraction of sp³-hybridized carbons (Fsp3) is 0.471. The smallest absolute Gasteiger partial charge is 0.214 e. The second kappa shape index (κ2) is 7.18. The Hall–Kier alpha value is -2.48. The summed E-state index contributed by atoms with van der Waals surface area (Å²) in [5, 5.41) is 0. The van der Waals surface area contributed by atoms with Crippen molar-refractivity contribution in [3.05, 3.63) is 36.5 Å². The van der Waals surface area contributed by atoms with E-state index in [4.69, 9.17) is 4.74 Å². The first-order chi connectivity index (χ1) is 12.3. The highest BCUT2D eigenvalue weighted by Gasteiger charge is 2.21. The molecule has 2 aliphatic heterocycles. The number of hydrogen-bond donors (Lipinski definition) is 0. The predicted octanol–water partition coefficient (Wildman–Crippen LogP) is 1.17. The van der Waals surface area contributed by atoms with Crippen LogP contribution < -0.4 is 14.7 Å². The van der Waals surface area contributed by atoms with Crippen LogP contribution in [0.3, 0.4) is 0 Å². The summed E-state index contributed by atoms with van der Waals surface area (Å²) in [5.41, 5.74) is 0. The summed E-state index contributed by atoms with van der Waals surface area (Å²) in [6, 6.07) is 6.96. The Kier molecular flexibility index (Phi) is 4.60. The largest absolute Gasteiger partial charge is 0.378 e. The third-order valence-electron chi connectivity index (χ3n) is 4.60. The van der Waals surface area contributed by atoms with E-state index in [-0.39, 0.29) is 0 Å². The molecule has 2 aromatic rings. The number of anilines is 3. The quantitative estimate of drug-likeness (QED) is 0.775. The molecule has 0 unspecified atom stereocenters. The van der Waals surface area contributed by atoms with Crippen molar-refractivity contribution in [2.24, 2.45) is 0 Å². The molecule has 0 aromatic carbocycles. The molecule has 0 atom stereocenters. The van der Waals surface area contributed by atoms with Gasteiger partial charge < -0.3 is 19.4 Å². The van der Waals surface area contributed by atoms with E-state index >= 15 is 0 Å². The maximum atomic E-state index is 13.3. The summed E-state index contributed by atoms with van der Waals surface area (Å²) in [4.78, 5) is 19.4. The van der Waals surface area contributed by atoms with Crippen LogP contribution in [0.25, 0.3) is 0 Å². The van der Waals surface area contributed by atoms with Gasteiger partial charge in [0.1, 0.15) is 23.8 Å². The van der Waals surface area contributed by atoms with E-state index in [9.17, 15) is 4.39 Å². The Bertz CT molecular complexity index is 716. The number of morpholine rings is 1. The van der Waals surface area contributed by atoms with Crippen LogP contribution in [-0.2, 0) is 4.74 Å². The predicted molar refractivity (Wildman–Crippen MR) is 93.7 cm³/mol. The zero-order chi connectivity index (χ0) is 17.1. The lowest BCUT2D eigenvalue weighted by atomic mass is 10.3. The first-order valence-electron chi connectivity index (χ1n) is 8.57. The summed E-state index contributed by atoms with van der Waals surface area (Å²) in [5.74, 6) is 2.13. The Labute approximate surface area is 146 Å². The molecule has 2 aliphatic rings. The molecule has 2 fully saturated rings. The summed E-state index contributed by atoms with van der Waals surface area (Å²) < 4.78 is 18.7. The van der Waals surface area contributed by atoms with E-state index in [1.54, 1.807) is 12.4 Å². The molecule has 4 rings (SSSR count). The zero-order valence-corrected chi connectivity index (χ0v) is 14.0. The highest BCUT2D eigenvalue weighted by Crippen LogP contribution is 2.21. The molecule has 7 nitrogen and oxygen atoms in total. The minimum Gasteiger partial charge on any atom is -0.378 e. The fourth-order valence-corrected chi connectivity index (χ4v) is 3.21. The van der Waals surface area contributed by atoms with Crippen LogP contribution in [0.4, 0.5) is 21.8 Å². The van der Waals surface area contributed by atoms with E-state index in [0.29, 0.717) is 5.82 Å². The summed E-state index contributed by atoms with van der Waals surface area (Å²) in [6.45, 7) is 6.39. The number of pyridine rings is 1. The number of hydrogen-bond acceptors (Lipinski definition) is 7. The summed E-state index contributed by atoms with van der Waals surface area (Å²) in [6.07, 6.45) is 1.63. The Morgan fingerprint density at radius 2 is 1.40 bits per heavy atom. The van der Waals surface area contributed by atoms with Gasteiger partial charge in [-0.2, -0.15) is 4.39 Å². The molecule has 2 saturated heterocycles. The molecule has 4 heterocycles. The monoisotopic (exact) mass is 344 g/mol. The molecule has 132 valence electrons. The van der Waals surface area contributed by atoms with Crippen LogP contribution in [-0.4, -0.2) is 67.4 Å². The number of ether oxygens (including phenoxy) is 1. The van der Waals surface area contributed by atoms with Crippen LogP contribution in [0.5, 0.6) is 0 Å².